The van der Waals surface area contributed by atoms with Gasteiger partial charge in [0.2, 0.25) is 11.6 Å². The highest BCUT2D eigenvalue weighted by atomic mass is 35.5. The van der Waals surface area contributed by atoms with Crippen LogP contribution in [0.25, 0.3) is 5.69 Å². The van der Waals surface area contributed by atoms with Crippen molar-refractivity contribution in [3.8, 4) is 11.6 Å². The van der Waals surface area contributed by atoms with E-state index in [4.69, 9.17) is 16.1 Å². The van der Waals surface area contributed by atoms with Gasteiger partial charge in [-0.25, -0.2) is 4.39 Å². The summed E-state index contributed by atoms with van der Waals surface area (Å²) in [5.74, 6) is -1.58. The smallest absolute Gasteiger partial charge is 0.298 e. The molecule has 0 saturated heterocycles. The van der Waals surface area contributed by atoms with E-state index in [0.29, 0.717) is 11.4 Å². The molecule has 3 aromatic rings. The molecule has 1 N–H and O–H groups in total. The van der Waals surface area contributed by atoms with Gasteiger partial charge in [-0.15, -0.1) is 0 Å². The van der Waals surface area contributed by atoms with Crippen LogP contribution in [0.15, 0.2) is 52.0 Å². The monoisotopic (exact) mass is 407 g/mol. The van der Waals surface area contributed by atoms with Gasteiger partial charge in [0.1, 0.15) is 5.82 Å². The van der Waals surface area contributed by atoms with Crippen LogP contribution in [0.4, 0.5) is 10.1 Å². The average Bonchev–Trinajstić information content (AvgIpc) is 2.99. The lowest BCUT2D eigenvalue weighted by Gasteiger charge is -2.10. The number of nitrogens with zero attached hydrogens (tertiary/aromatic N) is 2. The number of thioether (sulfide) groups is 1. The van der Waals surface area contributed by atoms with E-state index in [2.05, 4.69) is 10.6 Å². The van der Waals surface area contributed by atoms with E-state index in [1.54, 1.807) is 19.1 Å². The first kappa shape index (κ1) is 19.2. The van der Waals surface area contributed by atoms with E-state index in [-0.39, 0.29) is 16.0 Å². The molecule has 0 aliphatic rings. The zero-order valence-electron chi connectivity index (χ0n) is 14.4. The number of carbonyl (C=O) groups excluding carboxylic acids is 1. The Kier molecular flexibility index (Phi) is 5.67. The lowest BCUT2D eigenvalue weighted by molar-refractivity contribution is -0.705. The van der Waals surface area contributed by atoms with E-state index in [0.717, 1.165) is 23.4 Å². The Morgan fingerprint density at radius 3 is 2.70 bits per heavy atom. The third-order valence-electron chi connectivity index (χ3n) is 3.70. The molecule has 0 aliphatic carbocycles. The molecule has 140 valence electrons. The third kappa shape index (κ3) is 4.40. The molecule has 6 nitrogen and oxygen atoms in total. The molecule has 0 aliphatic heterocycles. The number of aromatic nitrogens is 2. The zero-order valence-corrected chi connectivity index (χ0v) is 16.0. The highest BCUT2D eigenvalue weighted by molar-refractivity contribution is 8.00. The fraction of sp³-hybridized carbons (Fsp3) is 0.167. The second-order valence-electron chi connectivity index (χ2n) is 5.79. The normalized spacial score (nSPS) is 12.0. The maximum absolute atomic E-state index is 13.2. The number of carbonyl (C=O) groups is 1. The quantitative estimate of drug-likeness (QED) is 0.518. The van der Waals surface area contributed by atoms with Gasteiger partial charge in [-0.1, -0.05) is 29.3 Å². The van der Waals surface area contributed by atoms with Crippen LogP contribution < -0.4 is 15.1 Å². The Bertz CT molecular complexity index is 978. The van der Waals surface area contributed by atoms with E-state index >= 15 is 0 Å². The molecule has 1 aromatic heterocycles. The second-order valence-corrected chi connectivity index (χ2v) is 7.53. The first-order valence-electron chi connectivity index (χ1n) is 7.94. The molecular weight excluding hydrogens is 393 g/mol. The number of hydrogen-bond acceptors (Lipinski definition) is 5. The molecule has 3 rings (SSSR count). The minimum Gasteiger partial charge on any atom is -0.538 e. The molecule has 2 aromatic carbocycles. The fourth-order valence-electron chi connectivity index (χ4n) is 2.23. The van der Waals surface area contributed by atoms with Gasteiger partial charge in [-0.2, -0.15) is 0 Å². The molecule has 0 radical (unpaired) electrons. The number of rotatable bonds is 5. The number of aryl methyl sites for hydroxylation is 1. The third-order valence-corrected chi connectivity index (χ3v) is 5.12. The maximum atomic E-state index is 13.2. The lowest BCUT2D eigenvalue weighted by atomic mass is 10.2. The van der Waals surface area contributed by atoms with Gasteiger partial charge >= 0.3 is 0 Å². The number of nitrogens with one attached hydrogen (secondary N) is 1. The van der Waals surface area contributed by atoms with Crippen LogP contribution in [-0.4, -0.2) is 16.4 Å². The predicted molar refractivity (Wildman–Crippen MR) is 97.6 cm³/mol. The molecule has 1 unspecified atom stereocenters. The van der Waals surface area contributed by atoms with Crippen LogP contribution in [0.3, 0.4) is 0 Å². The molecule has 1 atom stereocenters. The molecule has 1 amide bonds. The standard InChI is InChI=1S/C18H15ClFN3O3S/c1-10-3-6-13(7-4-10)23-17(18(25)26-22-23)27-11(2)16(24)21-12-5-8-15(20)14(19)9-12/h3-9,11H,1-2H3,(H-,21,22,24,25). The van der Waals surface area contributed by atoms with E-state index in [1.165, 1.54) is 16.8 Å². The van der Waals surface area contributed by atoms with E-state index < -0.39 is 17.0 Å². The summed E-state index contributed by atoms with van der Waals surface area (Å²) < 4.78 is 19.3. The number of anilines is 1. The first-order valence-corrected chi connectivity index (χ1v) is 9.19. The summed E-state index contributed by atoms with van der Waals surface area (Å²) in [6, 6.07) is 11.2. The van der Waals surface area contributed by atoms with Crippen LogP contribution in [0, 0.1) is 12.7 Å². The summed E-state index contributed by atoms with van der Waals surface area (Å²) in [6.07, 6.45) is 0. The van der Waals surface area contributed by atoms with Crippen molar-refractivity contribution in [2.75, 3.05) is 5.32 Å². The Morgan fingerprint density at radius 1 is 1.33 bits per heavy atom. The molecule has 0 spiro atoms. The van der Waals surface area contributed by atoms with Crippen LogP contribution in [-0.2, 0) is 4.79 Å². The highest BCUT2D eigenvalue weighted by Crippen LogP contribution is 2.28. The van der Waals surface area contributed by atoms with Crippen molar-refractivity contribution >= 4 is 35.0 Å². The van der Waals surface area contributed by atoms with Gasteiger partial charge < -0.3 is 14.9 Å². The van der Waals surface area contributed by atoms with Gasteiger partial charge in [-0.3, -0.25) is 4.79 Å². The van der Waals surface area contributed by atoms with Gasteiger partial charge in [0.05, 0.1) is 15.5 Å². The molecule has 0 fully saturated rings. The van der Waals surface area contributed by atoms with Gasteiger partial charge in [-0.05, 0) is 48.5 Å². The predicted octanol–water partition coefficient (Wildman–Crippen LogP) is 3.25. The Hall–Kier alpha value is -2.58. The SMILES string of the molecule is Cc1ccc(-[n+]2noc([O-])c2SC(C)C(=O)Nc2ccc(F)c(Cl)c2)cc1. The zero-order chi connectivity index (χ0) is 19.6. The lowest BCUT2D eigenvalue weighted by Crippen LogP contribution is -2.36. The Labute approximate surface area is 163 Å². The van der Waals surface area contributed by atoms with E-state index in [1.807, 2.05) is 19.1 Å². The minimum absolute atomic E-state index is 0.0915. The highest BCUT2D eigenvalue weighted by Gasteiger charge is 2.26. The van der Waals surface area contributed by atoms with Crippen molar-refractivity contribution in [2.45, 2.75) is 24.1 Å². The second kappa shape index (κ2) is 7.98. The minimum atomic E-state index is -0.641. The molecule has 1 heterocycles. The largest absolute Gasteiger partial charge is 0.538 e. The van der Waals surface area contributed by atoms with Crippen molar-refractivity contribution in [3.05, 3.63) is 58.9 Å². The van der Waals surface area contributed by atoms with Crippen molar-refractivity contribution in [1.82, 2.24) is 5.27 Å². The molecule has 0 saturated carbocycles. The first-order chi connectivity index (χ1) is 12.8. The van der Waals surface area contributed by atoms with Crippen LogP contribution in [0.1, 0.15) is 12.5 Å². The van der Waals surface area contributed by atoms with Crippen LogP contribution in [0.5, 0.6) is 5.95 Å². The summed E-state index contributed by atoms with van der Waals surface area (Å²) in [6.45, 7) is 3.58. The molecule has 0 bridgehead atoms. The number of amides is 1. The van der Waals surface area contributed by atoms with Crippen LogP contribution >= 0.6 is 23.4 Å². The molecule has 9 heteroatoms. The van der Waals surface area contributed by atoms with Gasteiger partial charge in [0.15, 0.2) is 5.95 Å². The summed E-state index contributed by atoms with van der Waals surface area (Å²) >= 11 is 6.73. The van der Waals surface area contributed by atoms with Crippen molar-refractivity contribution < 1.29 is 23.5 Å². The maximum Gasteiger partial charge on any atom is 0.298 e. The molecular formula is C18H15ClFN3O3S. The summed E-state index contributed by atoms with van der Waals surface area (Å²) in [5, 5.41) is 17.8. The Balaban J connectivity index is 1.76. The number of benzene rings is 2. The van der Waals surface area contributed by atoms with Crippen molar-refractivity contribution in [3.63, 3.8) is 0 Å². The van der Waals surface area contributed by atoms with Gasteiger partial charge in [0.25, 0.3) is 5.03 Å². The van der Waals surface area contributed by atoms with Crippen LogP contribution in [0.2, 0.25) is 5.02 Å². The summed E-state index contributed by atoms with van der Waals surface area (Å²) in [4.78, 5) is 12.4. The fourth-order valence-corrected chi connectivity index (χ4v) is 3.28. The topological polar surface area (TPSA) is 82.1 Å². The summed E-state index contributed by atoms with van der Waals surface area (Å²) in [5.41, 5.74) is 2.06. The average molecular weight is 408 g/mol. The number of hydrogen-bond donors (Lipinski definition) is 1. The summed E-state index contributed by atoms with van der Waals surface area (Å²) in [7, 11) is 0. The van der Waals surface area contributed by atoms with Crippen molar-refractivity contribution in [2.24, 2.45) is 0 Å². The van der Waals surface area contributed by atoms with Gasteiger partial charge in [0, 0.05) is 17.8 Å². The van der Waals surface area contributed by atoms with E-state index in [9.17, 15) is 14.3 Å². The Morgan fingerprint density at radius 2 is 2.04 bits per heavy atom. The number of halogens is 2. The molecule has 27 heavy (non-hydrogen) atoms. The van der Waals surface area contributed by atoms with Crippen molar-refractivity contribution in [1.29, 1.82) is 0 Å².